The summed E-state index contributed by atoms with van der Waals surface area (Å²) >= 11 is 0. The van der Waals surface area contributed by atoms with Gasteiger partial charge in [0.1, 0.15) is 0 Å². The van der Waals surface area contributed by atoms with Crippen LogP contribution in [0.5, 0.6) is 0 Å². The smallest absolute Gasteiger partial charge is 0.253 e. The van der Waals surface area contributed by atoms with Crippen molar-refractivity contribution < 1.29 is 9.90 Å². The second-order valence-corrected chi connectivity index (χ2v) is 7.77. The second-order valence-electron chi connectivity index (χ2n) is 7.77. The molecule has 9 nitrogen and oxygen atoms in total. The summed E-state index contributed by atoms with van der Waals surface area (Å²) in [5.74, 6) is 1.70. The second kappa shape index (κ2) is 9.73. The van der Waals surface area contributed by atoms with E-state index in [0.717, 1.165) is 44.4 Å². The zero-order valence-corrected chi connectivity index (χ0v) is 17.5. The molecule has 1 amide bonds. The minimum absolute atomic E-state index is 0.00841. The summed E-state index contributed by atoms with van der Waals surface area (Å²) in [4.78, 5) is 21.2. The van der Waals surface area contributed by atoms with Crippen molar-refractivity contribution in [2.75, 3.05) is 75.3 Å². The summed E-state index contributed by atoms with van der Waals surface area (Å²) in [6.45, 7) is 7.15. The first-order valence-electron chi connectivity index (χ1n) is 10.6. The highest BCUT2D eigenvalue weighted by atomic mass is 16.3. The van der Waals surface area contributed by atoms with Crippen LogP contribution >= 0.6 is 0 Å². The first kappa shape index (κ1) is 21.0. The van der Waals surface area contributed by atoms with Crippen LogP contribution in [-0.2, 0) is 0 Å². The molecule has 0 spiro atoms. The number of hydrogen-bond donors (Lipinski definition) is 1. The molecular weight excluding hydrogens is 394 g/mol. The lowest BCUT2D eigenvalue weighted by molar-refractivity contribution is 0.0746. The van der Waals surface area contributed by atoms with Gasteiger partial charge in [-0.3, -0.25) is 9.69 Å². The number of carbonyl (C=O) groups is 1. The highest BCUT2D eigenvalue weighted by Gasteiger charge is 2.24. The van der Waals surface area contributed by atoms with Gasteiger partial charge in [0.2, 0.25) is 0 Å². The maximum Gasteiger partial charge on any atom is 0.253 e. The minimum Gasteiger partial charge on any atom is -0.395 e. The molecule has 3 heterocycles. The van der Waals surface area contributed by atoms with Crippen LogP contribution in [0.3, 0.4) is 0 Å². The molecular formula is C22H27N7O2. The van der Waals surface area contributed by atoms with Crippen LogP contribution in [-0.4, -0.2) is 96.5 Å². The summed E-state index contributed by atoms with van der Waals surface area (Å²) in [6, 6.07) is 12.8. The Balaban J connectivity index is 1.30. The number of aliphatic hydroxyl groups is 1. The predicted octanol–water partition coefficient (Wildman–Crippen LogP) is 0.425. The van der Waals surface area contributed by atoms with Crippen LogP contribution in [0.15, 0.2) is 36.4 Å². The number of nitrogens with zero attached hydrogens (tertiary/aromatic N) is 7. The van der Waals surface area contributed by atoms with Crippen molar-refractivity contribution in [3.05, 3.63) is 47.5 Å². The Labute approximate surface area is 182 Å². The highest BCUT2D eigenvalue weighted by Crippen LogP contribution is 2.18. The quantitative estimate of drug-likeness (QED) is 0.742. The summed E-state index contributed by atoms with van der Waals surface area (Å²) < 4.78 is 0. The first-order valence-corrected chi connectivity index (χ1v) is 10.6. The number of carbonyl (C=O) groups excluding carboxylic acids is 1. The average Bonchev–Trinajstić information content (AvgIpc) is 2.85. The number of aliphatic hydroxyl groups excluding tert-OH is 1. The molecule has 0 saturated carbocycles. The summed E-state index contributed by atoms with van der Waals surface area (Å²) in [5, 5.41) is 26.8. The Morgan fingerprint density at radius 3 is 1.90 bits per heavy atom. The largest absolute Gasteiger partial charge is 0.395 e. The van der Waals surface area contributed by atoms with E-state index in [4.69, 9.17) is 10.4 Å². The van der Waals surface area contributed by atoms with Crippen molar-refractivity contribution in [2.45, 2.75) is 0 Å². The van der Waals surface area contributed by atoms with Gasteiger partial charge in [-0.25, -0.2) is 0 Å². The van der Waals surface area contributed by atoms with Crippen molar-refractivity contribution in [1.82, 2.24) is 20.0 Å². The SMILES string of the molecule is N#Cc1ccc(C(=O)N2CCN(c3ccc(N4CCN(CCO)CC4)nn3)CC2)cc1. The Hall–Kier alpha value is -3.22. The molecule has 2 fully saturated rings. The van der Waals surface area contributed by atoms with Crippen LogP contribution in [0.2, 0.25) is 0 Å². The lowest BCUT2D eigenvalue weighted by Crippen LogP contribution is -2.49. The van der Waals surface area contributed by atoms with E-state index >= 15 is 0 Å². The van der Waals surface area contributed by atoms with E-state index in [0.29, 0.717) is 37.3 Å². The maximum absolute atomic E-state index is 12.7. The third-order valence-electron chi connectivity index (χ3n) is 5.90. The summed E-state index contributed by atoms with van der Waals surface area (Å²) in [6.07, 6.45) is 0. The molecule has 0 atom stereocenters. The molecule has 162 valence electrons. The molecule has 0 aliphatic carbocycles. The predicted molar refractivity (Wildman–Crippen MR) is 117 cm³/mol. The lowest BCUT2D eigenvalue weighted by Gasteiger charge is -2.36. The van der Waals surface area contributed by atoms with Gasteiger partial charge in [-0.1, -0.05) is 0 Å². The van der Waals surface area contributed by atoms with E-state index in [9.17, 15) is 4.79 Å². The molecule has 0 unspecified atom stereocenters. The van der Waals surface area contributed by atoms with Crippen molar-refractivity contribution >= 4 is 17.5 Å². The maximum atomic E-state index is 12.7. The zero-order chi connectivity index (χ0) is 21.6. The van der Waals surface area contributed by atoms with Gasteiger partial charge < -0.3 is 19.8 Å². The van der Waals surface area contributed by atoms with Gasteiger partial charge in [0, 0.05) is 64.5 Å². The van der Waals surface area contributed by atoms with Gasteiger partial charge in [-0.05, 0) is 36.4 Å². The van der Waals surface area contributed by atoms with Gasteiger partial charge in [0.15, 0.2) is 11.6 Å². The van der Waals surface area contributed by atoms with Crippen LogP contribution in [0.4, 0.5) is 11.6 Å². The fraction of sp³-hybridized carbons (Fsp3) is 0.455. The number of benzene rings is 1. The number of anilines is 2. The van der Waals surface area contributed by atoms with E-state index in [2.05, 4.69) is 31.0 Å². The topological polar surface area (TPSA) is 99.8 Å². The molecule has 0 bridgehead atoms. The van der Waals surface area contributed by atoms with Crippen LogP contribution in [0.1, 0.15) is 15.9 Å². The number of β-amino-alcohol motifs (C(OH)–C–C–N with tert-alkyl or cyclic N) is 1. The Morgan fingerprint density at radius 1 is 0.871 bits per heavy atom. The van der Waals surface area contributed by atoms with Crippen LogP contribution in [0.25, 0.3) is 0 Å². The van der Waals surface area contributed by atoms with Gasteiger partial charge >= 0.3 is 0 Å². The normalized spacial score (nSPS) is 17.5. The number of nitriles is 1. The van der Waals surface area contributed by atoms with Gasteiger partial charge in [0.25, 0.3) is 5.91 Å². The fourth-order valence-corrected chi connectivity index (χ4v) is 4.01. The number of hydrogen-bond acceptors (Lipinski definition) is 8. The molecule has 9 heteroatoms. The molecule has 1 N–H and O–H groups in total. The van der Waals surface area contributed by atoms with E-state index in [1.807, 2.05) is 17.0 Å². The molecule has 0 radical (unpaired) electrons. The highest BCUT2D eigenvalue weighted by molar-refractivity contribution is 5.94. The van der Waals surface area contributed by atoms with Crippen molar-refractivity contribution in [1.29, 1.82) is 5.26 Å². The van der Waals surface area contributed by atoms with Gasteiger partial charge in [0.05, 0.1) is 18.2 Å². The minimum atomic E-state index is -0.00841. The fourth-order valence-electron chi connectivity index (χ4n) is 4.01. The van der Waals surface area contributed by atoms with Crippen molar-refractivity contribution in [2.24, 2.45) is 0 Å². The third kappa shape index (κ3) is 4.93. The molecule has 4 rings (SSSR count). The number of aromatic nitrogens is 2. The van der Waals surface area contributed by atoms with Gasteiger partial charge in [-0.15, -0.1) is 10.2 Å². The molecule has 2 saturated heterocycles. The average molecular weight is 422 g/mol. The number of rotatable bonds is 5. The zero-order valence-electron chi connectivity index (χ0n) is 17.5. The summed E-state index contributed by atoms with van der Waals surface area (Å²) in [5.41, 5.74) is 1.16. The van der Waals surface area contributed by atoms with Crippen LogP contribution in [0, 0.1) is 11.3 Å². The third-order valence-corrected chi connectivity index (χ3v) is 5.90. The van der Waals surface area contributed by atoms with Crippen LogP contribution < -0.4 is 9.80 Å². The van der Waals surface area contributed by atoms with Crippen molar-refractivity contribution in [3.63, 3.8) is 0 Å². The molecule has 31 heavy (non-hydrogen) atoms. The molecule has 1 aromatic heterocycles. The lowest BCUT2D eigenvalue weighted by atomic mass is 10.1. The Bertz CT molecular complexity index is 910. The summed E-state index contributed by atoms with van der Waals surface area (Å²) in [7, 11) is 0. The monoisotopic (exact) mass is 421 g/mol. The molecule has 2 aliphatic rings. The molecule has 2 aromatic rings. The number of piperazine rings is 2. The molecule has 2 aliphatic heterocycles. The van der Waals surface area contributed by atoms with E-state index in [1.165, 1.54) is 0 Å². The first-order chi connectivity index (χ1) is 15.2. The van der Waals surface area contributed by atoms with E-state index in [1.54, 1.807) is 24.3 Å². The Morgan fingerprint density at radius 2 is 1.42 bits per heavy atom. The molecule has 1 aromatic carbocycles. The van der Waals surface area contributed by atoms with Crippen molar-refractivity contribution in [3.8, 4) is 6.07 Å². The van der Waals surface area contributed by atoms with E-state index < -0.39 is 0 Å². The van der Waals surface area contributed by atoms with E-state index in [-0.39, 0.29) is 12.5 Å². The Kier molecular flexibility index (Phi) is 6.60. The standard InChI is InChI=1S/C22H27N7O2/c23-17-18-1-3-19(4-2-18)22(31)29-13-11-28(12-14-29)21-6-5-20(24-25-21)27-9-7-26(8-10-27)15-16-30/h1-6,30H,7-16H2. The van der Waals surface area contributed by atoms with Gasteiger partial charge in [-0.2, -0.15) is 5.26 Å². The number of amides is 1.